The summed E-state index contributed by atoms with van der Waals surface area (Å²) in [5.41, 5.74) is 3.26. The van der Waals surface area contributed by atoms with Gasteiger partial charge in [-0.1, -0.05) is 52.0 Å². The number of phenolic OH excluding ortho intramolecular Hbond substituents is 1. The number of nitrogens with zero attached hydrogens (tertiary/aromatic N) is 9. The molecule has 0 radical (unpaired) electrons. The van der Waals surface area contributed by atoms with E-state index in [9.17, 15) is 5.11 Å². The number of azo groups is 2. The Morgan fingerprint density at radius 3 is 1.65 bits per heavy atom. The molecule has 5 aromatic rings. The van der Waals surface area contributed by atoms with Crippen LogP contribution in [-0.4, -0.2) is 82.2 Å². The third kappa shape index (κ3) is 11.2. The molecule has 0 aliphatic heterocycles. The van der Waals surface area contributed by atoms with E-state index in [1.165, 1.54) is 0 Å². The second-order valence-electron chi connectivity index (χ2n) is 12.2. The molecule has 1 heterocycles. The van der Waals surface area contributed by atoms with Crippen molar-refractivity contribution in [2.75, 3.05) is 68.3 Å². The van der Waals surface area contributed by atoms with Gasteiger partial charge in [0, 0.05) is 24.2 Å². The maximum Gasteiger partial charge on any atom is 0.233 e. The van der Waals surface area contributed by atoms with Gasteiger partial charge in [-0.15, -0.1) is 5.11 Å². The number of fused-ring (bicyclic) bond motifs is 1. The van der Waals surface area contributed by atoms with Crippen molar-refractivity contribution in [1.29, 1.82) is 0 Å². The SMILES string of the molecule is CCN(CC)CCCNc1nc(NCCCN(CC)CC)nc(Nc2ccc3c(O)c(N=Nc4ccc(N=Nc5ccccc5)cc4)ccc3c2)n1. The molecule has 0 saturated heterocycles. The lowest BCUT2D eigenvalue weighted by molar-refractivity contribution is 0.303. The molecular weight excluding hydrogens is 653 g/mol. The maximum atomic E-state index is 11.1. The molecule has 0 amide bonds. The van der Waals surface area contributed by atoms with Gasteiger partial charge in [-0.2, -0.15) is 30.3 Å². The summed E-state index contributed by atoms with van der Waals surface area (Å²) in [4.78, 5) is 18.8. The average Bonchev–Trinajstić information content (AvgIpc) is 3.18. The Labute approximate surface area is 306 Å². The topological polar surface area (TPSA) is 151 Å². The lowest BCUT2D eigenvalue weighted by Crippen LogP contribution is -2.26. The van der Waals surface area contributed by atoms with Gasteiger partial charge in [-0.05, 0) is 118 Å². The molecule has 4 aromatic carbocycles. The molecule has 0 spiro atoms. The van der Waals surface area contributed by atoms with E-state index in [1.807, 2.05) is 66.7 Å². The van der Waals surface area contributed by atoms with Crippen molar-refractivity contribution in [2.45, 2.75) is 40.5 Å². The number of nitrogens with one attached hydrogen (secondary N) is 3. The molecule has 1 aromatic heterocycles. The van der Waals surface area contributed by atoms with Crippen LogP contribution >= 0.6 is 0 Å². The first-order valence-corrected chi connectivity index (χ1v) is 18.2. The average molecular weight is 703 g/mol. The van der Waals surface area contributed by atoms with Gasteiger partial charge in [-0.3, -0.25) is 0 Å². The van der Waals surface area contributed by atoms with Gasteiger partial charge in [0.1, 0.15) is 5.69 Å². The second kappa shape index (κ2) is 19.8. The molecule has 0 aliphatic rings. The normalized spacial score (nSPS) is 11.7. The Hall–Kier alpha value is -5.53. The van der Waals surface area contributed by atoms with Gasteiger partial charge < -0.3 is 30.9 Å². The van der Waals surface area contributed by atoms with Crippen LogP contribution in [0.15, 0.2) is 105 Å². The van der Waals surface area contributed by atoms with Gasteiger partial charge >= 0.3 is 0 Å². The highest BCUT2D eigenvalue weighted by Crippen LogP contribution is 2.37. The molecule has 0 unspecified atom stereocenters. The van der Waals surface area contributed by atoms with Gasteiger partial charge in [-0.25, -0.2) is 0 Å². The Bertz CT molecular complexity index is 1850. The first-order chi connectivity index (χ1) is 25.5. The van der Waals surface area contributed by atoms with E-state index < -0.39 is 0 Å². The Morgan fingerprint density at radius 2 is 1.10 bits per heavy atom. The molecule has 52 heavy (non-hydrogen) atoms. The van der Waals surface area contributed by atoms with Gasteiger partial charge in [0.15, 0.2) is 5.75 Å². The number of aromatic hydroxyl groups is 1. The van der Waals surface area contributed by atoms with Crippen LogP contribution in [0.3, 0.4) is 0 Å². The van der Waals surface area contributed by atoms with E-state index in [0.717, 1.165) is 82.0 Å². The Kier molecular flexibility index (Phi) is 14.3. The van der Waals surface area contributed by atoms with E-state index in [1.54, 1.807) is 18.2 Å². The van der Waals surface area contributed by atoms with Crippen molar-refractivity contribution in [2.24, 2.45) is 20.5 Å². The molecule has 5 rings (SSSR count). The number of hydrogen-bond acceptors (Lipinski definition) is 13. The smallest absolute Gasteiger partial charge is 0.233 e. The summed E-state index contributed by atoms with van der Waals surface area (Å²) in [6.07, 6.45) is 1.96. The highest BCUT2D eigenvalue weighted by molar-refractivity contribution is 5.94. The standard InChI is InChI=1S/C39H50N12O/c1-5-50(6-2)26-12-24-40-37-43-38(41-25-13-27-51(7-3)8-4)45-39(44-37)42-33-21-22-34-29(28-33)16-23-35(36(34)52)49-48-32-19-17-31(18-20-32)47-46-30-14-10-9-11-15-30/h9-11,14-23,28,52H,5-8,12-13,24-27H2,1-4H3,(H3,40,41,42,43,44,45). The quantitative estimate of drug-likeness (QED) is 0.0459. The summed E-state index contributed by atoms with van der Waals surface area (Å²) in [6, 6.07) is 26.1. The lowest BCUT2D eigenvalue weighted by Gasteiger charge is -2.18. The monoisotopic (exact) mass is 702 g/mol. The highest BCUT2D eigenvalue weighted by atomic mass is 16.3. The van der Waals surface area contributed by atoms with Crippen molar-refractivity contribution in [3.8, 4) is 5.75 Å². The third-order valence-electron chi connectivity index (χ3n) is 8.68. The molecule has 13 nitrogen and oxygen atoms in total. The molecule has 0 atom stereocenters. The summed E-state index contributed by atoms with van der Waals surface area (Å²) >= 11 is 0. The van der Waals surface area contributed by atoms with E-state index in [0.29, 0.717) is 40.3 Å². The van der Waals surface area contributed by atoms with Crippen molar-refractivity contribution >= 4 is 57.1 Å². The molecule has 4 N–H and O–H groups in total. The van der Waals surface area contributed by atoms with Crippen LogP contribution in [0.5, 0.6) is 5.75 Å². The molecule has 0 saturated carbocycles. The molecule has 0 fully saturated rings. The zero-order chi connectivity index (χ0) is 36.5. The molecule has 13 heteroatoms. The minimum atomic E-state index is 0.0497. The van der Waals surface area contributed by atoms with Crippen molar-refractivity contribution in [1.82, 2.24) is 24.8 Å². The van der Waals surface area contributed by atoms with E-state index >= 15 is 0 Å². The van der Waals surface area contributed by atoms with Crippen LogP contribution in [0.4, 0.5) is 46.3 Å². The minimum Gasteiger partial charge on any atom is -0.505 e. The van der Waals surface area contributed by atoms with E-state index in [-0.39, 0.29) is 5.75 Å². The van der Waals surface area contributed by atoms with Crippen LogP contribution in [0.1, 0.15) is 40.5 Å². The molecule has 0 bridgehead atoms. The molecule has 0 aliphatic carbocycles. The summed E-state index contributed by atoms with van der Waals surface area (Å²) in [5, 5.41) is 39.8. The number of phenols is 1. The minimum absolute atomic E-state index is 0.0497. The number of aromatic nitrogens is 3. The molecular formula is C39H50N12O. The van der Waals surface area contributed by atoms with Gasteiger partial charge in [0.2, 0.25) is 17.8 Å². The zero-order valence-electron chi connectivity index (χ0n) is 30.6. The van der Waals surface area contributed by atoms with Crippen molar-refractivity contribution in [3.05, 3.63) is 84.9 Å². The van der Waals surface area contributed by atoms with Crippen LogP contribution in [-0.2, 0) is 0 Å². The van der Waals surface area contributed by atoms with Crippen LogP contribution in [0, 0.1) is 0 Å². The number of benzene rings is 4. The number of anilines is 4. The predicted molar refractivity (Wildman–Crippen MR) is 212 cm³/mol. The zero-order valence-corrected chi connectivity index (χ0v) is 30.6. The summed E-state index contributed by atoms with van der Waals surface area (Å²) in [5.74, 6) is 1.51. The van der Waals surface area contributed by atoms with Gasteiger partial charge in [0.05, 0.1) is 17.1 Å². The van der Waals surface area contributed by atoms with Gasteiger partial charge in [0.25, 0.3) is 0 Å². The van der Waals surface area contributed by atoms with Crippen molar-refractivity contribution < 1.29 is 5.11 Å². The van der Waals surface area contributed by atoms with E-state index in [2.05, 4.69) is 88.9 Å². The first-order valence-electron chi connectivity index (χ1n) is 18.2. The lowest BCUT2D eigenvalue weighted by atomic mass is 10.1. The fourth-order valence-corrected chi connectivity index (χ4v) is 5.57. The van der Waals surface area contributed by atoms with Crippen LogP contribution < -0.4 is 16.0 Å². The summed E-state index contributed by atoms with van der Waals surface area (Å²) in [7, 11) is 0. The van der Waals surface area contributed by atoms with Crippen LogP contribution in [0.25, 0.3) is 10.8 Å². The molecule has 272 valence electrons. The largest absolute Gasteiger partial charge is 0.505 e. The van der Waals surface area contributed by atoms with Crippen molar-refractivity contribution in [3.63, 3.8) is 0 Å². The Morgan fingerprint density at radius 1 is 0.577 bits per heavy atom. The fourth-order valence-electron chi connectivity index (χ4n) is 5.57. The highest BCUT2D eigenvalue weighted by Gasteiger charge is 2.11. The summed E-state index contributed by atoms with van der Waals surface area (Å²) in [6.45, 7) is 16.4. The first kappa shape index (κ1) is 37.7. The third-order valence-corrected chi connectivity index (χ3v) is 8.68. The van der Waals surface area contributed by atoms with Crippen LogP contribution in [0.2, 0.25) is 0 Å². The number of rotatable bonds is 20. The maximum absolute atomic E-state index is 11.1. The summed E-state index contributed by atoms with van der Waals surface area (Å²) < 4.78 is 0. The predicted octanol–water partition coefficient (Wildman–Crippen LogP) is 9.59. The fraction of sp³-hybridized carbons (Fsp3) is 0.359. The second-order valence-corrected chi connectivity index (χ2v) is 12.2. The number of hydrogen-bond donors (Lipinski definition) is 4. The van der Waals surface area contributed by atoms with E-state index in [4.69, 9.17) is 0 Å². The Balaban J connectivity index is 1.26.